The second-order valence-electron chi connectivity index (χ2n) is 4.78. The summed E-state index contributed by atoms with van der Waals surface area (Å²) in [4.78, 5) is 16.6. The molecule has 0 aromatic heterocycles. The highest BCUT2D eigenvalue weighted by Gasteiger charge is 2.27. The normalized spacial score (nSPS) is 14.6. The average Bonchev–Trinajstić information content (AvgIpc) is 2.89. The Bertz CT molecular complexity index is 793. The van der Waals surface area contributed by atoms with E-state index in [9.17, 15) is 4.79 Å². The lowest BCUT2D eigenvalue weighted by Crippen LogP contribution is -2.16. The summed E-state index contributed by atoms with van der Waals surface area (Å²) in [6.07, 6.45) is 1.88. The van der Waals surface area contributed by atoms with E-state index in [1.54, 1.807) is 6.92 Å². The van der Waals surface area contributed by atoms with Crippen molar-refractivity contribution in [3.63, 3.8) is 0 Å². The molecule has 0 N–H and O–H groups in total. The Kier molecular flexibility index (Phi) is 4.07. The summed E-state index contributed by atoms with van der Waals surface area (Å²) in [5.41, 5.74) is 3.58. The first kappa shape index (κ1) is 14.5. The molecule has 3 nitrogen and oxygen atoms in total. The number of benzene rings is 2. The summed E-state index contributed by atoms with van der Waals surface area (Å²) in [5.74, 6) is -0.419. The SMILES string of the molecule is CCOC(=O)C1=Nc2ccccc2C1=Cc1ccccc1Cl. The summed E-state index contributed by atoms with van der Waals surface area (Å²) in [6, 6.07) is 15.1. The summed E-state index contributed by atoms with van der Waals surface area (Å²) in [6.45, 7) is 2.09. The summed E-state index contributed by atoms with van der Waals surface area (Å²) in [5, 5.41) is 0.627. The van der Waals surface area contributed by atoms with Crippen molar-refractivity contribution in [2.75, 3.05) is 6.61 Å². The molecule has 0 spiro atoms. The lowest BCUT2D eigenvalue weighted by atomic mass is 10.00. The number of rotatable bonds is 3. The van der Waals surface area contributed by atoms with E-state index in [0.717, 1.165) is 22.4 Å². The summed E-state index contributed by atoms with van der Waals surface area (Å²) >= 11 is 6.22. The Morgan fingerprint density at radius 1 is 1.18 bits per heavy atom. The molecule has 22 heavy (non-hydrogen) atoms. The number of ether oxygens (including phenoxy) is 1. The average molecular weight is 312 g/mol. The van der Waals surface area contributed by atoms with Gasteiger partial charge in [-0.25, -0.2) is 9.79 Å². The largest absolute Gasteiger partial charge is 0.461 e. The maximum absolute atomic E-state index is 12.2. The van der Waals surface area contributed by atoms with Crippen LogP contribution < -0.4 is 0 Å². The number of hydrogen-bond donors (Lipinski definition) is 0. The van der Waals surface area contributed by atoms with Crippen LogP contribution in [0, 0.1) is 0 Å². The van der Waals surface area contributed by atoms with Gasteiger partial charge < -0.3 is 4.74 Å². The quantitative estimate of drug-likeness (QED) is 0.781. The molecule has 2 aromatic rings. The van der Waals surface area contributed by atoms with Crippen LogP contribution >= 0.6 is 11.6 Å². The van der Waals surface area contributed by atoms with Gasteiger partial charge in [0.15, 0.2) is 5.71 Å². The van der Waals surface area contributed by atoms with Gasteiger partial charge in [-0.15, -0.1) is 0 Å². The van der Waals surface area contributed by atoms with Crippen molar-refractivity contribution in [1.29, 1.82) is 0 Å². The molecular formula is C18H14ClNO2. The highest BCUT2D eigenvalue weighted by atomic mass is 35.5. The zero-order chi connectivity index (χ0) is 15.5. The van der Waals surface area contributed by atoms with Gasteiger partial charge in [0.25, 0.3) is 0 Å². The minimum atomic E-state index is -0.419. The van der Waals surface area contributed by atoms with Crippen LogP contribution in [0.25, 0.3) is 11.6 Å². The zero-order valence-electron chi connectivity index (χ0n) is 12.0. The maximum Gasteiger partial charge on any atom is 0.357 e. The molecule has 4 heteroatoms. The second kappa shape index (κ2) is 6.16. The molecule has 3 rings (SSSR count). The molecular weight excluding hydrogens is 298 g/mol. The Morgan fingerprint density at radius 2 is 1.91 bits per heavy atom. The molecule has 0 saturated heterocycles. The van der Waals surface area contributed by atoms with Crippen LogP contribution in [0.15, 0.2) is 53.5 Å². The Balaban J connectivity index is 2.12. The van der Waals surface area contributed by atoms with Gasteiger partial charge in [-0.3, -0.25) is 0 Å². The van der Waals surface area contributed by atoms with Gasteiger partial charge in [0.05, 0.1) is 12.3 Å². The molecule has 1 heterocycles. The zero-order valence-corrected chi connectivity index (χ0v) is 12.8. The van der Waals surface area contributed by atoms with Crippen LogP contribution in [0.3, 0.4) is 0 Å². The molecule has 110 valence electrons. The van der Waals surface area contributed by atoms with Crippen LogP contribution in [0.4, 0.5) is 5.69 Å². The number of fused-ring (bicyclic) bond motifs is 1. The first-order valence-corrected chi connectivity index (χ1v) is 7.40. The van der Waals surface area contributed by atoms with Gasteiger partial charge in [-0.1, -0.05) is 48.0 Å². The molecule has 0 bridgehead atoms. The van der Waals surface area contributed by atoms with E-state index in [0.29, 0.717) is 17.3 Å². The molecule has 0 aliphatic carbocycles. The van der Waals surface area contributed by atoms with Crippen LogP contribution in [-0.4, -0.2) is 18.3 Å². The van der Waals surface area contributed by atoms with Crippen LogP contribution in [0.5, 0.6) is 0 Å². The molecule has 1 aliphatic rings. The number of para-hydroxylation sites is 1. The highest BCUT2D eigenvalue weighted by Crippen LogP contribution is 2.36. The maximum atomic E-state index is 12.2. The fourth-order valence-electron chi connectivity index (χ4n) is 2.36. The van der Waals surface area contributed by atoms with Crippen molar-refractivity contribution < 1.29 is 9.53 Å². The highest BCUT2D eigenvalue weighted by molar-refractivity contribution is 6.58. The van der Waals surface area contributed by atoms with Crippen molar-refractivity contribution in [1.82, 2.24) is 0 Å². The topological polar surface area (TPSA) is 38.7 Å². The number of carbonyl (C=O) groups excluding carboxylic acids is 1. The molecule has 0 radical (unpaired) electrons. The Labute approximate surface area is 133 Å². The molecule has 0 unspecified atom stereocenters. The van der Waals surface area contributed by atoms with Gasteiger partial charge >= 0.3 is 5.97 Å². The number of aliphatic imine (C=N–C) groups is 1. The number of carbonyl (C=O) groups is 1. The van der Waals surface area contributed by atoms with E-state index in [1.807, 2.05) is 54.6 Å². The van der Waals surface area contributed by atoms with Crippen molar-refractivity contribution in [3.05, 3.63) is 64.7 Å². The molecule has 0 atom stereocenters. The third kappa shape index (κ3) is 2.68. The molecule has 2 aromatic carbocycles. The van der Waals surface area contributed by atoms with Crippen LogP contribution in [-0.2, 0) is 9.53 Å². The lowest BCUT2D eigenvalue weighted by Gasteiger charge is -2.06. The van der Waals surface area contributed by atoms with Crippen LogP contribution in [0.2, 0.25) is 5.02 Å². The minimum Gasteiger partial charge on any atom is -0.461 e. The van der Waals surface area contributed by atoms with Crippen molar-refractivity contribution in [3.8, 4) is 0 Å². The summed E-state index contributed by atoms with van der Waals surface area (Å²) in [7, 11) is 0. The Hall–Kier alpha value is -2.39. The predicted molar refractivity (Wildman–Crippen MR) is 89.5 cm³/mol. The van der Waals surface area contributed by atoms with E-state index in [1.165, 1.54) is 0 Å². The Morgan fingerprint density at radius 3 is 2.68 bits per heavy atom. The molecule has 0 saturated carbocycles. The first-order chi connectivity index (χ1) is 10.7. The summed E-state index contributed by atoms with van der Waals surface area (Å²) < 4.78 is 5.11. The van der Waals surface area contributed by atoms with Gasteiger partial charge in [-0.05, 0) is 30.7 Å². The number of hydrogen-bond acceptors (Lipinski definition) is 3. The van der Waals surface area contributed by atoms with E-state index < -0.39 is 5.97 Å². The molecule has 0 fully saturated rings. The van der Waals surface area contributed by atoms with E-state index in [4.69, 9.17) is 16.3 Å². The third-order valence-electron chi connectivity index (χ3n) is 3.36. The van der Waals surface area contributed by atoms with Crippen molar-refractivity contribution in [2.24, 2.45) is 4.99 Å². The number of esters is 1. The third-order valence-corrected chi connectivity index (χ3v) is 3.70. The van der Waals surface area contributed by atoms with Gasteiger partial charge in [0.2, 0.25) is 0 Å². The number of nitrogens with zero attached hydrogens (tertiary/aromatic N) is 1. The fourth-order valence-corrected chi connectivity index (χ4v) is 2.55. The molecule has 0 amide bonds. The van der Waals surface area contributed by atoms with Gasteiger partial charge in [-0.2, -0.15) is 0 Å². The lowest BCUT2D eigenvalue weighted by molar-refractivity contribution is -0.134. The van der Waals surface area contributed by atoms with Crippen molar-refractivity contribution >= 4 is 40.6 Å². The minimum absolute atomic E-state index is 0.313. The first-order valence-electron chi connectivity index (χ1n) is 7.02. The van der Waals surface area contributed by atoms with Gasteiger partial charge in [0, 0.05) is 16.2 Å². The van der Waals surface area contributed by atoms with Crippen LogP contribution in [0.1, 0.15) is 18.1 Å². The predicted octanol–water partition coefficient (Wildman–Crippen LogP) is 4.53. The molecule has 1 aliphatic heterocycles. The van der Waals surface area contributed by atoms with Crippen molar-refractivity contribution in [2.45, 2.75) is 6.92 Å². The van der Waals surface area contributed by atoms with Gasteiger partial charge in [0.1, 0.15) is 0 Å². The smallest absolute Gasteiger partial charge is 0.357 e. The monoisotopic (exact) mass is 311 g/mol. The number of halogens is 1. The van der Waals surface area contributed by atoms with E-state index >= 15 is 0 Å². The standard InChI is InChI=1S/C18H14ClNO2/c1-2-22-18(21)17-14(11-12-7-3-5-9-15(12)19)13-8-4-6-10-16(13)20-17/h3-11H,2H2,1H3. The van der Waals surface area contributed by atoms with E-state index in [-0.39, 0.29) is 0 Å². The fraction of sp³-hybridized carbons (Fsp3) is 0.111. The second-order valence-corrected chi connectivity index (χ2v) is 5.18. The van der Waals surface area contributed by atoms with E-state index in [2.05, 4.69) is 4.99 Å².